The molecule has 0 aromatic heterocycles. The van der Waals surface area contributed by atoms with Gasteiger partial charge in [-0.05, 0) is 30.5 Å². The number of nitrogens with one attached hydrogen (secondary N) is 1. The first-order valence-electron chi connectivity index (χ1n) is 7.05. The Morgan fingerprint density at radius 3 is 2.57 bits per heavy atom. The molecule has 21 heavy (non-hydrogen) atoms. The van der Waals surface area contributed by atoms with Crippen molar-refractivity contribution in [3.8, 4) is 5.75 Å². The van der Waals surface area contributed by atoms with Gasteiger partial charge in [0, 0.05) is 6.54 Å². The molecule has 5 nitrogen and oxygen atoms in total. The summed E-state index contributed by atoms with van der Waals surface area (Å²) in [7, 11) is 1.32. The van der Waals surface area contributed by atoms with E-state index in [1.165, 1.54) is 7.11 Å². The maximum absolute atomic E-state index is 11.8. The van der Waals surface area contributed by atoms with Crippen molar-refractivity contribution in [1.29, 1.82) is 0 Å². The van der Waals surface area contributed by atoms with E-state index in [1.807, 2.05) is 24.3 Å². The van der Waals surface area contributed by atoms with Crippen LogP contribution in [-0.4, -0.2) is 31.6 Å². The lowest BCUT2D eigenvalue weighted by atomic mass is 10.0. The fourth-order valence-electron chi connectivity index (χ4n) is 1.74. The van der Waals surface area contributed by atoms with Crippen LogP contribution in [0, 0.1) is 0 Å². The number of ether oxygens (including phenoxy) is 2. The summed E-state index contributed by atoms with van der Waals surface area (Å²) in [4.78, 5) is 22.8. The number of esters is 1. The van der Waals surface area contributed by atoms with Gasteiger partial charge in [-0.1, -0.05) is 26.0 Å². The molecular weight excluding hydrogens is 270 g/mol. The van der Waals surface area contributed by atoms with Gasteiger partial charge in [-0.2, -0.15) is 0 Å². The highest BCUT2D eigenvalue weighted by Crippen LogP contribution is 2.20. The summed E-state index contributed by atoms with van der Waals surface area (Å²) in [5, 5.41) is 2.64. The molecule has 1 rings (SSSR count). The van der Waals surface area contributed by atoms with Gasteiger partial charge in [-0.25, -0.2) is 0 Å². The molecule has 0 bridgehead atoms. The Bertz CT molecular complexity index is 485. The summed E-state index contributed by atoms with van der Waals surface area (Å²) in [6.45, 7) is 6.12. The lowest BCUT2D eigenvalue weighted by Crippen LogP contribution is -2.37. The van der Waals surface area contributed by atoms with Crippen molar-refractivity contribution in [2.24, 2.45) is 0 Å². The molecule has 0 saturated heterocycles. The SMILES string of the molecule is COC(=O)CCNC(=O)C(C)Oc1cccc(C(C)C)c1. The molecule has 5 heteroatoms. The maximum Gasteiger partial charge on any atom is 0.307 e. The van der Waals surface area contributed by atoms with Crippen LogP contribution < -0.4 is 10.1 Å². The van der Waals surface area contributed by atoms with E-state index in [0.717, 1.165) is 5.56 Å². The number of hydrogen-bond acceptors (Lipinski definition) is 4. The summed E-state index contributed by atoms with van der Waals surface area (Å²) < 4.78 is 10.1. The molecule has 0 aliphatic carbocycles. The predicted molar refractivity (Wildman–Crippen MR) is 80.3 cm³/mol. The van der Waals surface area contributed by atoms with Gasteiger partial charge in [-0.3, -0.25) is 9.59 Å². The van der Waals surface area contributed by atoms with Crippen molar-refractivity contribution in [1.82, 2.24) is 5.32 Å². The Balaban J connectivity index is 2.48. The van der Waals surface area contributed by atoms with E-state index < -0.39 is 6.10 Å². The number of methoxy groups -OCH3 is 1. The highest BCUT2D eigenvalue weighted by molar-refractivity contribution is 5.81. The molecule has 0 fully saturated rings. The first kappa shape index (κ1) is 17.0. The molecule has 1 unspecified atom stereocenters. The van der Waals surface area contributed by atoms with Crippen molar-refractivity contribution < 1.29 is 19.1 Å². The summed E-state index contributed by atoms with van der Waals surface area (Å²) >= 11 is 0. The fourth-order valence-corrected chi connectivity index (χ4v) is 1.74. The summed E-state index contributed by atoms with van der Waals surface area (Å²) in [6, 6.07) is 7.69. The number of rotatable bonds is 7. The van der Waals surface area contributed by atoms with E-state index in [1.54, 1.807) is 6.92 Å². The molecule has 0 saturated carbocycles. The molecule has 1 aromatic rings. The quantitative estimate of drug-likeness (QED) is 0.783. The summed E-state index contributed by atoms with van der Waals surface area (Å²) in [5.41, 5.74) is 1.16. The normalized spacial score (nSPS) is 11.9. The second-order valence-electron chi connectivity index (χ2n) is 5.10. The fraction of sp³-hybridized carbons (Fsp3) is 0.500. The molecule has 0 spiro atoms. The maximum atomic E-state index is 11.8. The van der Waals surface area contributed by atoms with Gasteiger partial charge in [0.2, 0.25) is 0 Å². The average molecular weight is 293 g/mol. The van der Waals surface area contributed by atoms with E-state index in [-0.39, 0.29) is 24.8 Å². The summed E-state index contributed by atoms with van der Waals surface area (Å²) in [5.74, 6) is 0.455. The largest absolute Gasteiger partial charge is 0.481 e. The monoisotopic (exact) mass is 293 g/mol. The van der Waals surface area contributed by atoms with Crippen LogP contribution in [0.1, 0.15) is 38.7 Å². The lowest BCUT2D eigenvalue weighted by molar-refractivity contribution is -0.140. The zero-order chi connectivity index (χ0) is 15.8. The third-order valence-corrected chi connectivity index (χ3v) is 3.06. The molecule has 1 aromatic carbocycles. The van der Waals surface area contributed by atoms with E-state index in [2.05, 4.69) is 23.9 Å². The highest BCUT2D eigenvalue weighted by Gasteiger charge is 2.15. The molecule has 1 atom stereocenters. The van der Waals surface area contributed by atoms with Crippen LogP contribution in [0.5, 0.6) is 5.75 Å². The third kappa shape index (κ3) is 5.85. The number of amides is 1. The minimum absolute atomic E-state index is 0.151. The zero-order valence-corrected chi connectivity index (χ0v) is 13.0. The van der Waals surface area contributed by atoms with E-state index in [4.69, 9.17) is 4.74 Å². The summed E-state index contributed by atoms with van der Waals surface area (Å²) in [6.07, 6.45) is -0.470. The van der Waals surface area contributed by atoms with Gasteiger partial charge in [0.15, 0.2) is 6.10 Å². The molecule has 0 radical (unpaired) electrons. The Morgan fingerprint density at radius 1 is 1.24 bits per heavy atom. The second kappa shape index (κ2) is 8.29. The van der Waals surface area contributed by atoms with Crippen LogP contribution in [0.25, 0.3) is 0 Å². The van der Waals surface area contributed by atoms with Gasteiger partial charge in [0.1, 0.15) is 5.75 Å². The smallest absolute Gasteiger partial charge is 0.307 e. The first-order valence-corrected chi connectivity index (χ1v) is 7.05. The number of benzene rings is 1. The van der Waals surface area contributed by atoms with Crippen molar-refractivity contribution in [2.45, 2.75) is 39.2 Å². The van der Waals surface area contributed by atoms with Gasteiger partial charge < -0.3 is 14.8 Å². The van der Waals surface area contributed by atoms with Crippen molar-refractivity contribution in [3.05, 3.63) is 29.8 Å². The molecular formula is C16H23NO4. The number of carbonyl (C=O) groups is 2. The zero-order valence-electron chi connectivity index (χ0n) is 13.0. The van der Waals surface area contributed by atoms with Crippen LogP contribution in [0.3, 0.4) is 0 Å². The topological polar surface area (TPSA) is 64.6 Å². The Kier molecular flexibility index (Phi) is 6.72. The molecule has 0 aliphatic heterocycles. The van der Waals surface area contributed by atoms with E-state index >= 15 is 0 Å². The first-order chi connectivity index (χ1) is 9.93. The lowest BCUT2D eigenvalue weighted by Gasteiger charge is -2.16. The van der Waals surface area contributed by atoms with Gasteiger partial charge in [0.25, 0.3) is 5.91 Å². The van der Waals surface area contributed by atoms with Crippen LogP contribution in [0.15, 0.2) is 24.3 Å². The Morgan fingerprint density at radius 2 is 1.95 bits per heavy atom. The van der Waals surface area contributed by atoms with E-state index in [9.17, 15) is 9.59 Å². The average Bonchev–Trinajstić information content (AvgIpc) is 2.47. The second-order valence-corrected chi connectivity index (χ2v) is 5.10. The van der Waals surface area contributed by atoms with Crippen LogP contribution >= 0.6 is 0 Å². The van der Waals surface area contributed by atoms with Gasteiger partial charge in [0.05, 0.1) is 13.5 Å². The van der Waals surface area contributed by atoms with Crippen molar-refractivity contribution in [2.75, 3.05) is 13.7 Å². The number of hydrogen-bond donors (Lipinski definition) is 1. The molecule has 0 heterocycles. The van der Waals surface area contributed by atoms with E-state index in [0.29, 0.717) is 11.7 Å². The highest BCUT2D eigenvalue weighted by atomic mass is 16.5. The Hall–Kier alpha value is -2.04. The Labute approximate surface area is 125 Å². The van der Waals surface area contributed by atoms with Crippen LogP contribution in [-0.2, 0) is 14.3 Å². The predicted octanol–water partition coefficient (Wildman–Crippen LogP) is 2.26. The minimum atomic E-state index is -0.620. The van der Waals surface area contributed by atoms with Crippen LogP contribution in [0.4, 0.5) is 0 Å². The minimum Gasteiger partial charge on any atom is -0.481 e. The van der Waals surface area contributed by atoms with Gasteiger partial charge >= 0.3 is 5.97 Å². The van der Waals surface area contributed by atoms with Crippen molar-refractivity contribution >= 4 is 11.9 Å². The van der Waals surface area contributed by atoms with Crippen molar-refractivity contribution in [3.63, 3.8) is 0 Å². The van der Waals surface area contributed by atoms with Crippen LogP contribution in [0.2, 0.25) is 0 Å². The standard InChI is InChI=1S/C16H23NO4/c1-11(2)13-6-5-7-14(10-13)21-12(3)16(19)17-9-8-15(18)20-4/h5-7,10-12H,8-9H2,1-4H3,(H,17,19). The van der Waals surface area contributed by atoms with Gasteiger partial charge in [-0.15, -0.1) is 0 Å². The molecule has 1 amide bonds. The molecule has 0 aliphatic rings. The third-order valence-electron chi connectivity index (χ3n) is 3.06. The molecule has 116 valence electrons. The molecule has 1 N–H and O–H groups in total. The number of carbonyl (C=O) groups excluding carboxylic acids is 2.